The van der Waals surface area contributed by atoms with Crippen LogP contribution in [0.1, 0.15) is 22.5 Å². The van der Waals surface area contributed by atoms with Crippen LogP contribution in [0, 0.1) is 27.7 Å². The van der Waals surface area contributed by atoms with Gasteiger partial charge in [-0.15, -0.1) is 0 Å². The topological polar surface area (TPSA) is 58.4 Å². The Labute approximate surface area is 176 Å². The van der Waals surface area contributed by atoms with Crippen molar-refractivity contribution in [1.82, 2.24) is 14.5 Å². The number of rotatable bonds is 3. The van der Waals surface area contributed by atoms with Crippen LogP contribution in [0.2, 0.25) is 0 Å². The molecule has 1 aliphatic rings. The first kappa shape index (κ1) is 20.1. The van der Waals surface area contributed by atoms with Gasteiger partial charge in [-0.3, -0.25) is 9.59 Å². The Morgan fingerprint density at radius 1 is 0.933 bits per heavy atom. The average molecular weight is 405 g/mol. The summed E-state index contributed by atoms with van der Waals surface area (Å²) in [5.74, 6) is 1.07. The van der Waals surface area contributed by atoms with Crippen LogP contribution in [-0.2, 0) is 11.3 Å². The second-order valence-electron chi connectivity index (χ2n) is 8.20. The van der Waals surface area contributed by atoms with Crippen molar-refractivity contribution in [2.24, 2.45) is 0 Å². The molecule has 1 aliphatic heterocycles. The fraction of sp³-hybridized carbons (Fsp3) is 0.375. The number of carbonyl (C=O) groups is 1. The van der Waals surface area contributed by atoms with E-state index in [4.69, 9.17) is 4.98 Å². The zero-order valence-electron chi connectivity index (χ0n) is 18.1. The van der Waals surface area contributed by atoms with Crippen LogP contribution in [0.5, 0.6) is 0 Å². The normalized spacial score (nSPS) is 14.4. The van der Waals surface area contributed by atoms with Crippen LogP contribution >= 0.6 is 0 Å². The predicted octanol–water partition coefficient (Wildman–Crippen LogP) is 2.98. The number of nitrogens with zero attached hydrogens (tertiary/aromatic N) is 4. The molecule has 0 bridgehead atoms. The molecule has 4 rings (SSSR count). The molecule has 6 heteroatoms. The molecular formula is C24H28N4O2. The van der Waals surface area contributed by atoms with Crippen LogP contribution < -0.4 is 10.3 Å². The number of aromatic nitrogens is 2. The molecule has 1 fully saturated rings. The first-order valence-corrected chi connectivity index (χ1v) is 10.4. The SMILES string of the molecule is Cc1cc(N2CCN(C(=O)Cn3c(C)cc(=O)cc3C)CC2)nc2c(C)cccc12. The molecule has 3 heterocycles. The predicted molar refractivity (Wildman–Crippen MR) is 120 cm³/mol. The molecule has 0 aliphatic carbocycles. The van der Waals surface area contributed by atoms with Crippen molar-refractivity contribution in [3.8, 4) is 0 Å². The van der Waals surface area contributed by atoms with Crippen molar-refractivity contribution in [3.63, 3.8) is 0 Å². The van der Waals surface area contributed by atoms with Gasteiger partial charge in [-0.05, 0) is 44.9 Å². The lowest BCUT2D eigenvalue weighted by Gasteiger charge is -2.36. The van der Waals surface area contributed by atoms with E-state index in [1.807, 2.05) is 23.3 Å². The molecule has 156 valence electrons. The lowest BCUT2D eigenvalue weighted by Crippen LogP contribution is -2.50. The molecule has 0 atom stereocenters. The first-order chi connectivity index (χ1) is 14.3. The Hall–Kier alpha value is -3.15. The van der Waals surface area contributed by atoms with Gasteiger partial charge >= 0.3 is 0 Å². The number of pyridine rings is 2. The van der Waals surface area contributed by atoms with Crippen molar-refractivity contribution in [2.75, 3.05) is 31.1 Å². The average Bonchev–Trinajstić information content (AvgIpc) is 2.71. The minimum atomic E-state index is -0.0178. The van der Waals surface area contributed by atoms with Gasteiger partial charge in [-0.2, -0.15) is 0 Å². The number of fused-ring (bicyclic) bond motifs is 1. The van der Waals surface area contributed by atoms with E-state index in [0.717, 1.165) is 35.8 Å². The molecule has 3 aromatic rings. The van der Waals surface area contributed by atoms with E-state index in [-0.39, 0.29) is 17.9 Å². The molecule has 0 N–H and O–H groups in total. The molecule has 6 nitrogen and oxygen atoms in total. The minimum absolute atomic E-state index is 0.0178. The number of hydrogen-bond acceptors (Lipinski definition) is 4. The quantitative estimate of drug-likeness (QED) is 0.673. The Balaban J connectivity index is 1.47. The molecule has 30 heavy (non-hydrogen) atoms. The Bertz CT molecular complexity index is 1150. The molecule has 0 radical (unpaired) electrons. The summed E-state index contributed by atoms with van der Waals surface area (Å²) >= 11 is 0. The first-order valence-electron chi connectivity index (χ1n) is 10.4. The molecule has 2 aromatic heterocycles. The summed E-state index contributed by atoms with van der Waals surface area (Å²) in [4.78, 5) is 33.6. The van der Waals surface area contributed by atoms with E-state index < -0.39 is 0 Å². The van der Waals surface area contributed by atoms with Crippen LogP contribution in [0.4, 0.5) is 5.82 Å². The maximum absolute atomic E-state index is 12.9. The van der Waals surface area contributed by atoms with E-state index in [0.29, 0.717) is 13.1 Å². The lowest BCUT2D eigenvalue weighted by atomic mass is 10.1. The summed E-state index contributed by atoms with van der Waals surface area (Å²) in [5, 5.41) is 1.19. The number of para-hydroxylation sites is 1. The van der Waals surface area contributed by atoms with Gasteiger partial charge in [-0.1, -0.05) is 18.2 Å². The highest BCUT2D eigenvalue weighted by Gasteiger charge is 2.23. The number of piperazine rings is 1. The second kappa shape index (κ2) is 7.94. The molecule has 0 spiro atoms. The zero-order valence-corrected chi connectivity index (χ0v) is 18.1. The fourth-order valence-corrected chi connectivity index (χ4v) is 4.26. The van der Waals surface area contributed by atoms with Crippen LogP contribution in [0.15, 0.2) is 41.2 Å². The number of anilines is 1. The van der Waals surface area contributed by atoms with Gasteiger partial charge in [0.2, 0.25) is 5.91 Å². The summed E-state index contributed by atoms with van der Waals surface area (Å²) in [6.07, 6.45) is 0. The van der Waals surface area contributed by atoms with Crippen molar-refractivity contribution < 1.29 is 4.79 Å². The summed E-state index contributed by atoms with van der Waals surface area (Å²) in [7, 11) is 0. The van der Waals surface area contributed by atoms with Crippen LogP contribution in [0.25, 0.3) is 10.9 Å². The number of aryl methyl sites for hydroxylation is 4. The smallest absolute Gasteiger partial charge is 0.242 e. The van der Waals surface area contributed by atoms with Crippen LogP contribution in [0.3, 0.4) is 0 Å². The van der Waals surface area contributed by atoms with Gasteiger partial charge in [0.15, 0.2) is 5.43 Å². The maximum atomic E-state index is 12.9. The second-order valence-corrected chi connectivity index (χ2v) is 8.20. The van der Waals surface area contributed by atoms with E-state index in [1.54, 1.807) is 12.1 Å². The van der Waals surface area contributed by atoms with Gasteiger partial charge in [0.1, 0.15) is 12.4 Å². The van der Waals surface area contributed by atoms with Gasteiger partial charge < -0.3 is 14.4 Å². The van der Waals surface area contributed by atoms with Crippen molar-refractivity contribution in [1.29, 1.82) is 0 Å². The summed E-state index contributed by atoms with van der Waals surface area (Å²) in [6.45, 7) is 11.1. The number of hydrogen-bond donors (Lipinski definition) is 0. The molecule has 0 saturated carbocycles. The third kappa shape index (κ3) is 3.82. The highest BCUT2D eigenvalue weighted by Crippen LogP contribution is 2.25. The van der Waals surface area contributed by atoms with Gasteiger partial charge in [0, 0.05) is 55.1 Å². The van der Waals surface area contributed by atoms with Gasteiger partial charge in [0.05, 0.1) is 5.52 Å². The van der Waals surface area contributed by atoms with E-state index in [1.165, 1.54) is 16.5 Å². The fourth-order valence-electron chi connectivity index (χ4n) is 4.26. The third-order valence-electron chi connectivity index (χ3n) is 6.04. The number of amides is 1. The molecule has 1 amide bonds. The van der Waals surface area contributed by atoms with Crippen molar-refractivity contribution >= 4 is 22.6 Å². The summed E-state index contributed by atoms with van der Waals surface area (Å²) in [6, 6.07) is 11.6. The molecule has 0 unspecified atom stereocenters. The lowest BCUT2D eigenvalue weighted by molar-refractivity contribution is -0.132. The highest BCUT2D eigenvalue weighted by atomic mass is 16.2. The molecule has 1 aromatic carbocycles. The molecular weight excluding hydrogens is 376 g/mol. The van der Waals surface area contributed by atoms with E-state index >= 15 is 0 Å². The monoisotopic (exact) mass is 404 g/mol. The highest BCUT2D eigenvalue weighted by molar-refractivity contribution is 5.86. The number of benzene rings is 1. The zero-order chi connectivity index (χ0) is 21.4. The standard InChI is InChI=1S/C24H28N4O2/c1-16-6-5-7-21-17(2)12-22(25-24(16)21)26-8-10-27(11-9-26)23(30)15-28-18(3)13-20(29)14-19(28)4/h5-7,12-14H,8-11,15H2,1-4H3. The van der Waals surface area contributed by atoms with Crippen molar-refractivity contribution in [2.45, 2.75) is 34.2 Å². The van der Waals surface area contributed by atoms with Crippen LogP contribution in [-0.4, -0.2) is 46.5 Å². The Morgan fingerprint density at radius 3 is 2.27 bits per heavy atom. The third-order valence-corrected chi connectivity index (χ3v) is 6.04. The van der Waals surface area contributed by atoms with Gasteiger partial charge in [-0.25, -0.2) is 4.98 Å². The van der Waals surface area contributed by atoms with E-state index in [9.17, 15) is 9.59 Å². The maximum Gasteiger partial charge on any atom is 0.242 e. The summed E-state index contributed by atoms with van der Waals surface area (Å²) in [5.41, 5.74) is 5.07. The largest absolute Gasteiger partial charge is 0.353 e. The van der Waals surface area contributed by atoms with E-state index in [2.05, 4.69) is 43.0 Å². The number of carbonyl (C=O) groups excluding carboxylic acids is 1. The minimum Gasteiger partial charge on any atom is -0.353 e. The summed E-state index contributed by atoms with van der Waals surface area (Å²) < 4.78 is 1.91. The Morgan fingerprint density at radius 2 is 1.60 bits per heavy atom. The van der Waals surface area contributed by atoms with Gasteiger partial charge in [0.25, 0.3) is 0 Å². The molecule has 1 saturated heterocycles. The Kier molecular flexibility index (Phi) is 5.33. The van der Waals surface area contributed by atoms with Crippen molar-refractivity contribution in [3.05, 3.63) is 69.1 Å².